The van der Waals surface area contributed by atoms with Gasteiger partial charge in [0.2, 0.25) is 5.91 Å². The summed E-state index contributed by atoms with van der Waals surface area (Å²) in [5.74, 6) is -0.155. The molecule has 0 saturated heterocycles. The molecule has 0 radical (unpaired) electrons. The van der Waals surface area contributed by atoms with Crippen molar-refractivity contribution in [3.05, 3.63) is 106 Å². The third kappa shape index (κ3) is 3.86. The van der Waals surface area contributed by atoms with E-state index in [4.69, 9.17) is 0 Å². The number of aryl methyl sites for hydroxylation is 3. The molecule has 1 atom stereocenters. The summed E-state index contributed by atoms with van der Waals surface area (Å²) in [6.07, 6.45) is 2.49. The van der Waals surface area contributed by atoms with Crippen molar-refractivity contribution in [2.24, 2.45) is 11.0 Å². The molecule has 1 aliphatic carbocycles. The molecule has 3 nitrogen and oxygen atoms in total. The first-order chi connectivity index (χ1) is 14.0. The van der Waals surface area contributed by atoms with Gasteiger partial charge in [-0.05, 0) is 43.9 Å². The topological polar surface area (TPSA) is 41.5 Å². The predicted molar refractivity (Wildman–Crippen MR) is 118 cm³/mol. The van der Waals surface area contributed by atoms with Crippen molar-refractivity contribution in [3.63, 3.8) is 0 Å². The molecule has 1 fully saturated rings. The normalized spacial score (nSPS) is 17.3. The van der Waals surface area contributed by atoms with Gasteiger partial charge in [-0.25, -0.2) is 5.43 Å². The lowest BCUT2D eigenvalue weighted by Crippen LogP contribution is -2.25. The number of carbonyl (C=O) groups is 1. The number of carbonyl (C=O) groups excluding carboxylic acids is 1. The zero-order chi connectivity index (χ0) is 20.4. The summed E-state index contributed by atoms with van der Waals surface area (Å²) in [5, 5.41) is 4.19. The summed E-state index contributed by atoms with van der Waals surface area (Å²) in [4.78, 5) is 12.9. The average Bonchev–Trinajstić information content (AvgIpc) is 3.47. The van der Waals surface area contributed by atoms with Gasteiger partial charge < -0.3 is 0 Å². The molecule has 0 heterocycles. The maximum atomic E-state index is 12.9. The Bertz CT molecular complexity index is 986. The van der Waals surface area contributed by atoms with Crippen molar-refractivity contribution in [3.8, 4) is 0 Å². The third-order valence-electron chi connectivity index (χ3n) is 5.88. The van der Waals surface area contributed by atoms with Gasteiger partial charge >= 0.3 is 0 Å². The fourth-order valence-electron chi connectivity index (χ4n) is 3.99. The Morgan fingerprint density at radius 1 is 0.828 bits per heavy atom. The Labute approximate surface area is 172 Å². The fourth-order valence-corrected chi connectivity index (χ4v) is 3.99. The Morgan fingerprint density at radius 3 is 1.76 bits per heavy atom. The van der Waals surface area contributed by atoms with Crippen LogP contribution < -0.4 is 5.43 Å². The van der Waals surface area contributed by atoms with Gasteiger partial charge in [-0.2, -0.15) is 5.10 Å². The van der Waals surface area contributed by atoms with Gasteiger partial charge in [-0.3, -0.25) is 4.79 Å². The highest BCUT2D eigenvalue weighted by Gasteiger charge is 2.60. The van der Waals surface area contributed by atoms with E-state index in [1.54, 1.807) is 6.21 Å². The highest BCUT2D eigenvalue weighted by Crippen LogP contribution is 2.59. The molecule has 0 spiro atoms. The van der Waals surface area contributed by atoms with Crippen LogP contribution in [0.4, 0.5) is 0 Å². The lowest BCUT2D eigenvalue weighted by molar-refractivity contribution is -0.122. The molecular weight excluding hydrogens is 356 g/mol. The second kappa shape index (κ2) is 7.67. The van der Waals surface area contributed by atoms with Gasteiger partial charge in [-0.15, -0.1) is 0 Å². The van der Waals surface area contributed by atoms with Gasteiger partial charge in [0, 0.05) is 5.41 Å². The standard InChI is InChI=1S/C26H26N2O/c1-18-4-10-21(11-5-18)17-27-28-25(29)24-16-26(24,22-12-6-19(2)7-13-22)23-14-8-20(3)9-15-23/h4-15,17,24H,16H2,1-3H3,(H,28,29). The maximum absolute atomic E-state index is 12.9. The molecule has 0 aliphatic heterocycles. The second-order valence-corrected chi connectivity index (χ2v) is 8.11. The Balaban J connectivity index is 1.56. The second-order valence-electron chi connectivity index (χ2n) is 8.11. The van der Waals surface area contributed by atoms with Crippen molar-refractivity contribution in [1.82, 2.24) is 5.43 Å². The van der Waals surface area contributed by atoms with Crippen LogP contribution in [0.15, 0.2) is 77.9 Å². The van der Waals surface area contributed by atoms with Crippen LogP contribution in [0.3, 0.4) is 0 Å². The van der Waals surface area contributed by atoms with E-state index in [1.165, 1.54) is 27.8 Å². The quantitative estimate of drug-likeness (QED) is 0.486. The van der Waals surface area contributed by atoms with Crippen LogP contribution in [0, 0.1) is 26.7 Å². The van der Waals surface area contributed by atoms with Crippen molar-refractivity contribution < 1.29 is 4.79 Å². The van der Waals surface area contributed by atoms with E-state index in [2.05, 4.69) is 72.9 Å². The van der Waals surface area contributed by atoms with Gasteiger partial charge in [0.15, 0.2) is 0 Å². The smallest absolute Gasteiger partial charge is 0.244 e. The summed E-state index contributed by atoms with van der Waals surface area (Å²) >= 11 is 0. The zero-order valence-corrected chi connectivity index (χ0v) is 17.1. The van der Waals surface area contributed by atoms with Gasteiger partial charge in [0.05, 0.1) is 12.1 Å². The minimum atomic E-state index is -0.273. The number of hydrazone groups is 1. The molecule has 0 aromatic heterocycles. The molecule has 1 N–H and O–H groups in total. The van der Waals surface area contributed by atoms with Gasteiger partial charge in [-0.1, -0.05) is 89.5 Å². The Hall–Kier alpha value is -3.20. The SMILES string of the molecule is Cc1ccc(C=NNC(=O)C2CC2(c2ccc(C)cc2)c2ccc(C)cc2)cc1. The van der Waals surface area contributed by atoms with Crippen LogP contribution in [0.2, 0.25) is 0 Å². The van der Waals surface area contributed by atoms with Crippen LogP contribution in [0.25, 0.3) is 0 Å². The molecule has 29 heavy (non-hydrogen) atoms. The molecule has 3 heteroatoms. The number of nitrogens with zero attached hydrogens (tertiary/aromatic N) is 1. The molecule has 3 aromatic carbocycles. The number of amides is 1. The van der Waals surface area contributed by atoms with Crippen molar-refractivity contribution in [2.75, 3.05) is 0 Å². The van der Waals surface area contributed by atoms with E-state index in [-0.39, 0.29) is 17.2 Å². The summed E-state index contributed by atoms with van der Waals surface area (Å²) in [6, 6.07) is 25.1. The number of rotatable bonds is 5. The minimum absolute atomic E-state index is 0.0329. The Morgan fingerprint density at radius 2 is 1.28 bits per heavy atom. The lowest BCUT2D eigenvalue weighted by Gasteiger charge is -2.19. The molecular formula is C26H26N2O. The third-order valence-corrected chi connectivity index (χ3v) is 5.88. The van der Waals surface area contributed by atoms with Gasteiger partial charge in [0.1, 0.15) is 0 Å². The van der Waals surface area contributed by atoms with E-state index in [0.717, 1.165) is 12.0 Å². The minimum Gasteiger partial charge on any atom is -0.273 e. The summed E-state index contributed by atoms with van der Waals surface area (Å²) in [7, 11) is 0. The van der Waals surface area contributed by atoms with E-state index in [0.29, 0.717) is 0 Å². The fraction of sp³-hybridized carbons (Fsp3) is 0.231. The van der Waals surface area contributed by atoms with E-state index in [1.807, 2.05) is 31.2 Å². The molecule has 1 aliphatic rings. The molecule has 146 valence electrons. The van der Waals surface area contributed by atoms with E-state index in [9.17, 15) is 4.79 Å². The van der Waals surface area contributed by atoms with Crippen molar-refractivity contribution in [2.45, 2.75) is 32.6 Å². The molecule has 4 rings (SSSR count). The van der Waals surface area contributed by atoms with Crippen LogP contribution in [-0.2, 0) is 10.2 Å². The zero-order valence-electron chi connectivity index (χ0n) is 17.1. The molecule has 1 unspecified atom stereocenters. The average molecular weight is 383 g/mol. The highest BCUT2D eigenvalue weighted by atomic mass is 16.2. The predicted octanol–water partition coefficient (Wildman–Crippen LogP) is 5.07. The number of nitrogens with one attached hydrogen (secondary N) is 1. The van der Waals surface area contributed by atoms with E-state index < -0.39 is 0 Å². The first-order valence-corrected chi connectivity index (χ1v) is 10.0. The maximum Gasteiger partial charge on any atom is 0.244 e. The van der Waals surface area contributed by atoms with Crippen LogP contribution >= 0.6 is 0 Å². The number of benzene rings is 3. The van der Waals surface area contributed by atoms with Crippen molar-refractivity contribution in [1.29, 1.82) is 0 Å². The highest BCUT2D eigenvalue weighted by molar-refractivity contribution is 5.87. The molecule has 0 bridgehead atoms. The van der Waals surface area contributed by atoms with Crippen LogP contribution in [0.5, 0.6) is 0 Å². The number of hydrogen-bond donors (Lipinski definition) is 1. The largest absolute Gasteiger partial charge is 0.273 e. The monoisotopic (exact) mass is 382 g/mol. The van der Waals surface area contributed by atoms with Gasteiger partial charge in [0.25, 0.3) is 0 Å². The number of hydrogen-bond acceptors (Lipinski definition) is 2. The van der Waals surface area contributed by atoms with E-state index >= 15 is 0 Å². The molecule has 3 aromatic rings. The van der Waals surface area contributed by atoms with Crippen molar-refractivity contribution >= 4 is 12.1 Å². The first kappa shape index (κ1) is 19.1. The summed E-state index contributed by atoms with van der Waals surface area (Å²) in [5.41, 5.74) is 9.47. The van der Waals surface area contributed by atoms with Crippen LogP contribution in [-0.4, -0.2) is 12.1 Å². The summed E-state index contributed by atoms with van der Waals surface area (Å²) in [6.45, 7) is 6.21. The van der Waals surface area contributed by atoms with Crippen LogP contribution in [0.1, 0.15) is 39.8 Å². The lowest BCUT2D eigenvalue weighted by atomic mass is 9.85. The molecule has 1 saturated carbocycles. The molecule has 1 amide bonds. The first-order valence-electron chi connectivity index (χ1n) is 10.0. The summed E-state index contributed by atoms with van der Waals surface area (Å²) < 4.78 is 0. The Kier molecular flexibility index (Phi) is 5.06.